The summed E-state index contributed by atoms with van der Waals surface area (Å²) in [7, 11) is 0. The van der Waals surface area contributed by atoms with Gasteiger partial charge >= 0.3 is 6.18 Å². The number of alkyl halides is 3. The van der Waals surface area contributed by atoms with E-state index < -0.39 is 23.7 Å². The minimum Gasteiger partial charge on any atom is -0.463 e. The van der Waals surface area contributed by atoms with Crippen LogP contribution in [0.15, 0.2) is 34.9 Å². The predicted octanol–water partition coefficient (Wildman–Crippen LogP) is 5.57. The summed E-state index contributed by atoms with van der Waals surface area (Å²) in [5.74, 6) is -0.895. The van der Waals surface area contributed by atoms with E-state index in [4.69, 9.17) is 10.2 Å². The van der Waals surface area contributed by atoms with Crippen LogP contribution in [0.5, 0.6) is 0 Å². The first-order valence-electron chi connectivity index (χ1n) is 11.6. The molecule has 0 aromatic carbocycles. The second kappa shape index (κ2) is 8.72. The van der Waals surface area contributed by atoms with Crippen LogP contribution in [0.1, 0.15) is 64.2 Å². The number of carbonyl (C=O) groups is 2. The molecule has 4 aromatic rings. The first-order chi connectivity index (χ1) is 17.3. The molecule has 3 N–H and O–H groups in total. The van der Waals surface area contributed by atoms with Crippen LogP contribution < -0.4 is 11.1 Å². The van der Waals surface area contributed by atoms with Gasteiger partial charge < -0.3 is 15.5 Å². The summed E-state index contributed by atoms with van der Waals surface area (Å²) in [6.07, 6.45) is -1.15. The van der Waals surface area contributed by atoms with Gasteiger partial charge in [0.2, 0.25) is 0 Å². The second-order valence-electron chi connectivity index (χ2n) is 10.1. The lowest BCUT2D eigenvalue weighted by molar-refractivity contribution is -0.142. The molecule has 1 aliphatic rings. The van der Waals surface area contributed by atoms with Gasteiger partial charge in [0.15, 0.2) is 22.8 Å². The molecule has 5 rings (SSSR count). The van der Waals surface area contributed by atoms with E-state index in [1.807, 2.05) is 0 Å². The van der Waals surface area contributed by atoms with E-state index in [0.717, 1.165) is 35.4 Å². The van der Waals surface area contributed by atoms with Crippen molar-refractivity contribution in [1.29, 1.82) is 0 Å². The highest BCUT2D eigenvalue weighted by atomic mass is 32.1. The number of rotatable bonds is 4. The van der Waals surface area contributed by atoms with Crippen molar-refractivity contribution in [3.8, 4) is 11.5 Å². The maximum Gasteiger partial charge on any atom is 0.433 e. The fourth-order valence-corrected chi connectivity index (χ4v) is 6.01. The predicted molar refractivity (Wildman–Crippen MR) is 131 cm³/mol. The molecule has 4 heterocycles. The molecule has 37 heavy (non-hydrogen) atoms. The minimum absolute atomic E-state index is 0.0490. The maximum absolute atomic E-state index is 13.8. The quantitative estimate of drug-likeness (QED) is 0.357. The summed E-state index contributed by atoms with van der Waals surface area (Å²) in [6, 6.07) is 4.98. The fourth-order valence-electron chi connectivity index (χ4n) is 4.68. The van der Waals surface area contributed by atoms with Crippen molar-refractivity contribution in [2.45, 2.75) is 46.2 Å². The Morgan fingerprint density at radius 1 is 1.24 bits per heavy atom. The Balaban J connectivity index is 1.51. The molecule has 0 radical (unpaired) electrons. The molecule has 12 heteroatoms. The van der Waals surface area contributed by atoms with E-state index >= 15 is 0 Å². The Bertz CT molecular complexity index is 1510. The maximum atomic E-state index is 13.8. The molecule has 2 amide bonds. The SMILES string of the molecule is CC(C)(C)C1CCc2c(sc(NC(=O)c3cc4nc(-c5ccco5)cc(C(F)(F)F)n4n3)c2C(N)=O)C1. The van der Waals surface area contributed by atoms with Crippen LogP contribution in [0.4, 0.5) is 18.2 Å². The van der Waals surface area contributed by atoms with Crippen molar-refractivity contribution in [2.75, 3.05) is 5.32 Å². The Morgan fingerprint density at radius 3 is 2.62 bits per heavy atom. The molecule has 1 atom stereocenters. The number of fused-ring (bicyclic) bond motifs is 2. The zero-order valence-electron chi connectivity index (χ0n) is 20.3. The van der Waals surface area contributed by atoms with Gasteiger partial charge in [0.05, 0.1) is 11.8 Å². The first-order valence-corrected chi connectivity index (χ1v) is 12.4. The molecule has 0 aliphatic heterocycles. The van der Waals surface area contributed by atoms with Gasteiger partial charge in [-0.15, -0.1) is 11.3 Å². The fraction of sp³-hybridized carbons (Fsp3) is 0.360. The lowest BCUT2D eigenvalue weighted by atomic mass is 9.72. The first kappa shape index (κ1) is 25.0. The van der Waals surface area contributed by atoms with E-state index in [-0.39, 0.29) is 38.8 Å². The number of halogens is 3. The van der Waals surface area contributed by atoms with E-state index in [0.29, 0.717) is 16.9 Å². The summed E-state index contributed by atoms with van der Waals surface area (Å²) in [5.41, 5.74) is 5.19. The molecule has 1 unspecified atom stereocenters. The highest BCUT2D eigenvalue weighted by Crippen LogP contribution is 2.44. The molecule has 8 nitrogen and oxygen atoms in total. The number of primary amides is 1. The summed E-state index contributed by atoms with van der Waals surface area (Å²) >= 11 is 1.27. The Kier molecular flexibility index (Phi) is 5.89. The number of hydrogen-bond donors (Lipinski definition) is 2. The number of anilines is 1. The average molecular weight is 532 g/mol. The molecule has 194 valence electrons. The molecule has 0 bridgehead atoms. The summed E-state index contributed by atoms with van der Waals surface area (Å²) in [5, 5.41) is 6.81. The number of furan rings is 1. The number of thiophene rings is 1. The van der Waals surface area contributed by atoms with Crippen molar-refractivity contribution >= 4 is 33.8 Å². The number of nitrogens with zero attached hydrogens (tertiary/aromatic N) is 3. The Hall–Kier alpha value is -3.67. The zero-order valence-corrected chi connectivity index (χ0v) is 21.1. The number of hydrogen-bond acceptors (Lipinski definition) is 6. The van der Waals surface area contributed by atoms with Crippen LogP contribution in [0.2, 0.25) is 0 Å². The third kappa shape index (κ3) is 4.61. The highest BCUT2D eigenvalue weighted by molar-refractivity contribution is 7.17. The van der Waals surface area contributed by atoms with E-state index in [2.05, 4.69) is 36.2 Å². The van der Waals surface area contributed by atoms with E-state index in [1.54, 1.807) is 0 Å². The molecule has 0 fully saturated rings. The van der Waals surface area contributed by atoms with Crippen LogP contribution in [0.25, 0.3) is 17.1 Å². The molecule has 0 spiro atoms. The van der Waals surface area contributed by atoms with Crippen molar-refractivity contribution in [3.63, 3.8) is 0 Å². The number of aromatic nitrogens is 3. The van der Waals surface area contributed by atoms with Gasteiger partial charge in [0.25, 0.3) is 11.8 Å². The van der Waals surface area contributed by atoms with Crippen LogP contribution >= 0.6 is 11.3 Å². The van der Waals surface area contributed by atoms with Crippen molar-refractivity contribution < 1.29 is 27.2 Å². The molecule has 4 aromatic heterocycles. The van der Waals surface area contributed by atoms with Crippen LogP contribution in [-0.2, 0) is 19.0 Å². The largest absolute Gasteiger partial charge is 0.463 e. The van der Waals surface area contributed by atoms with Crippen molar-refractivity contribution in [3.05, 3.63) is 57.9 Å². The molecule has 0 saturated carbocycles. The smallest absolute Gasteiger partial charge is 0.433 e. The van der Waals surface area contributed by atoms with Crippen molar-refractivity contribution in [1.82, 2.24) is 14.6 Å². The zero-order chi connectivity index (χ0) is 26.7. The van der Waals surface area contributed by atoms with Crippen LogP contribution in [0, 0.1) is 11.3 Å². The number of amides is 2. The monoisotopic (exact) mass is 531 g/mol. The Morgan fingerprint density at radius 2 is 2.00 bits per heavy atom. The lowest BCUT2D eigenvalue weighted by Gasteiger charge is -2.33. The topological polar surface area (TPSA) is 116 Å². The van der Waals surface area contributed by atoms with E-state index in [9.17, 15) is 22.8 Å². The Labute approximate surface area is 213 Å². The molecule has 1 aliphatic carbocycles. The number of carbonyl (C=O) groups excluding carboxylic acids is 2. The third-order valence-corrected chi connectivity index (χ3v) is 7.86. The summed E-state index contributed by atoms with van der Waals surface area (Å²) in [4.78, 5) is 30.6. The van der Waals surface area contributed by atoms with E-state index in [1.165, 1.54) is 29.7 Å². The highest BCUT2D eigenvalue weighted by Gasteiger charge is 2.37. The van der Waals surface area contributed by atoms with Crippen LogP contribution in [-0.4, -0.2) is 26.4 Å². The third-order valence-electron chi connectivity index (χ3n) is 6.69. The van der Waals surface area contributed by atoms with Crippen molar-refractivity contribution in [2.24, 2.45) is 17.1 Å². The number of nitrogens with two attached hydrogens (primary N) is 1. The molecule has 0 saturated heterocycles. The number of nitrogens with one attached hydrogen (secondary N) is 1. The summed E-state index contributed by atoms with van der Waals surface area (Å²) < 4.78 is 47.2. The van der Waals surface area contributed by atoms with Gasteiger partial charge in [-0.05, 0) is 54.4 Å². The molecular formula is C25H24F3N5O3S. The second-order valence-corrected chi connectivity index (χ2v) is 11.2. The van der Waals surface area contributed by atoms with Gasteiger partial charge in [-0.1, -0.05) is 20.8 Å². The average Bonchev–Trinajstić information content (AvgIpc) is 3.53. The van der Waals surface area contributed by atoms with Crippen LogP contribution in [0.3, 0.4) is 0 Å². The minimum atomic E-state index is -4.77. The van der Waals surface area contributed by atoms with Gasteiger partial charge in [-0.3, -0.25) is 9.59 Å². The normalized spacial score (nSPS) is 16.1. The standard InChI is InChI=1S/C25H24F3N5O3S/c1-24(2,3)12-6-7-13-17(9-12)37-23(20(13)21(29)34)31-22(35)15-11-19-30-14(16-5-4-8-36-16)10-18(25(26,27)28)33(19)32-15/h4-5,8,10-12H,6-7,9H2,1-3H3,(H2,29,34)(H,31,35). The summed E-state index contributed by atoms with van der Waals surface area (Å²) in [6.45, 7) is 6.49. The van der Waals surface area contributed by atoms with Gasteiger partial charge in [0.1, 0.15) is 10.7 Å². The van der Waals surface area contributed by atoms with Gasteiger partial charge in [0, 0.05) is 10.9 Å². The molecular weight excluding hydrogens is 507 g/mol. The van der Waals surface area contributed by atoms with Gasteiger partial charge in [-0.25, -0.2) is 9.50 Å². The lowest BCUT2D eigenvalue weighted by Crippen LogP contribution is -2.27. The van der Waals surface area contributed by atoms with Gasteiger partial charge in [-0.2, -0.15) is 18.3 Å².